The van der Waals surface area contributed by atoms with Gasteiger partial charge in [-0.1, -0.05) is 13.8 Å². The molecule has 20 heavy (non-hydrogen) atoms. The van der Waals surface area contributed by atoms with E-state index in [1.165, 1.54) is 24.2 Å². The van der Waals surface area contributed by atoms with Gasteiger partial charge < -0.3 is 15.1 Å². The van der Waals surface area contributed by atoms with E-state index in [1.807, 2.05) is 0 Å². The zero-order valence-electron chi connectivity index (χ0n) is 13.4. The van der Waals surface area contributed by atoms with Gasteiger partial charge in [-0.15, -0.1) is 0 Å². The standard InChI is InChI=1S/C17H29N3/c1-5-11-18-17-10-12-20(13-14(17)2)16-8-6-15(7-9-16)19(3)4/h6-9,14,17-18H,5,10-13H2,1-4H3. The Morgan fingerprint density at radius 3 is 2.50 bits per heavy atom. The molecule has 3 heteroatoms. The Hall–Kier alpha value is -1.22. The highest BCUT2D eigenvalue weighted by Crippen LogP contribution is 2.25. The molecule has 0 bridgehead atoms. The first-order valence-electron chi connectivity index (χ1n) is 7.87. The monoisotopic (exact) mass is 275 g/mol. The second kappa shape index (κ2) is 6.98. The van der Waals surface area contributed by atoms with Gasteiger partial charge in [0.2, 0.25) is 0 Å². The summed E-state index contributed by atoms with van der Waals surface area (Å²) >= 11 is 0. The Morgan fingerprint density at radius 1 is 1.25 bits per heavy atom. The van der Waals surface area contributed by atoms with E-state index in [1.54, 1.807) is 0 Å². The molecule has 112 valence electrons. The maximum Gasteiger partial charge on any atom is 0.0367 e. The summed E-state index contributed by atoms with van der Waals surface area (Å²) in [4.78, 5) is 4.67. The summed E-state index contributed by atoms with van der Waals surface area (Å²) in [5, 5.41) is 3.68. The topological polar surface area (TPSA) is 18.5 Å². The summed E-state index contributed by atoms with van der Waals surface area (Å²) in [5.41, 5.74) is 2.62. The quantitative estimate of drug-likeness (QED) is 0.891. The van der Waals surface area contributed by atoms with Crippen molar-refractivity contribution in [1.29, 1.82) is 0 Å². The lowest BCUT2D eigenvalue weighted by atomic mass is 9.93. The Balaban J connectivity index is 1.94. The number of nitrogens with one attached hydrogen (secondary N) is 1. The summed E-state index contributed by atoms with van der Waals surface area (Å²) in [6.45, 7) is 8.06. The van der Waals surface area contributed by atoms with E-state index in [4.69, 9.17) is 0 Å². The van der Waals surface area contributed by atoms with Crippen LogP contribution in [0.25, 0.3) is 0 Å². The Labute approximate surface area is 124 Å². The van der Waals surface area contributed by atoms with Crippen molar-refractivity contribution in [3.8, 4) is 0 Å². The molecular weight excluding hydrogens is 246 g/mol. The van der Waals surface area contributed by atoms with E-state index in [0.29, 0.717) is 12.0 Å². The first-order valence-corrected chi connectivity index (χ1v) is 7.87. The molecule has 1 aromatic carbocycles. The van der Waals surface area contributed by atoms with Gasteiger partial charge in [0, 0.05) is 44.6 Å². The maximum absolute atomic E-state index is 3.68. The van der Waals surface area contributed by atoms with Crippen LogP contribution >= 0.6 is 0 Å². The van der Waals surface area contributed by atoms with E-state index in [0.717, 1.165) is 19.6 Å². The Morgan fingerprint density at radius 2 is 1.95 bits per heavy atom. The third kappa shape index (κ3) is 3.66. The highest BCUT2D eigenvalue weighted by Gasteiger charge is 2.25. The van der Waals surface area contributed by atoms with Crippen LogP contribution in [0.3, 0.4) is 0 Å². The van der Waals surface area contributed by atoms with E-state index in [-0.39, 0.29) is 0 Å². The summed E-state index contributed by atoms with van der Waals surface area (Å²) < 4.78 is 0. The lowest BCUT2D eigenvalue weighted by molar-refractivity contribution is 0.322. The highest BCUT2D eigenvalue weighted by atomic mass is 15.2. The van der Waals surface area contributed by atoms with Crippen molar-refractivity contribution in [1.82, 2.24) is 5.32 Å². The van der Waals surface area contributed by atoms with Crippen molar-refractivity contribution in [2.45, 2.75) is 32.7 Å². The van der Waals surface area contributed by atoms with Crippen LogP contribution in [0.4, 0.5) is 11.4 Å². The number of piperidine rings is 1. The van der Waals surface area contributed by atoms with Gasteiger partial charge in [0.05, 0.1) is 0 Å². The predicted octanol–water partition coefficient (Wildman–Crippen LogP) is 2.97. The second-order valence-electron chi connectivity index (χ2n) is 6.18. The normalized spacial score (nSPS) is 22.9. The number of benzene rings is 1. The molecule has 2 unspecified atom stereocenters. The molecule has 1 aromatic rings. The minimum Gasteiger partial charge on any atom is -0.378 e. The van der Waals surface area contributed by atoms with Gasteiger partial charge in [0.25, 0.3) is 0 Å². The molecule has 2 rings (SSSR count). The van der Waals surface area contributed by atoms with Crippen LogP contribution < -0.4 is 15.1 Å². The smallest absolute Gasteiger partial charge is 0.0367 e. The van der Waals surface area contributed by atoms with E-state index in [9.17, 15) is 0 Å². The SMILES string of the molecule is CCCNC1CCN(c2ccc(N(C)C)cc2)CC1C. The van der Waals surface area contributed by atoms with Crippen LogP contribution in [0, 0.1) is 5.92 Å². The van der Waals surface area contributed by atoms with Crippen LogP contribution in [0.1, 0.15) is 26.7 Å². The van der Waals surface area contributed by atoms with Crippen LogP contribution in [-0.4, -0.2) is 39.8 Å². The third-order valence-electron chi connectivity index (χ3n) is 4.29. The summed E-state index contributed by atoms with van der Waals surface area (Å²) in [6, 6.07) is 9.61. The molecule has 1 fully saturated rings. The Bertz CT molecular complexity index is 399. The minimum absolute atomic E-state index is 0.687. The largest absolute Gasteiger partial charge is 0.378 e. The summed E-state index contributed by atoms with van der Waals surface area (Å²) in [7, 11) is 4.17. The lowest BCUT2D eigenvalue weighted by Crippen LogP contribution is -2.48. The number of hydrogen-bond acceptors (Lipinski definition) is 3. The van der Waals surface area contributed by atoms with Crippen molar-refractivity contribution in [2.24, 2.45) is 5.92 Å². The first-order chi connectivity index (χ1) is 9.61. The highest BCUT2D eigenvalue weighted by molar-refractivity contribution is 5.56. The molecule has 1 N–H and O–H groups in total. The zero-order valence-corrected chi connectivity index (χ0v) is 13.4. The average Bonchev–Trinajstić information content (AvgIpc) is 2.46. The van der Waals surface area contributed by atoms with Gasteiger partial charge in [-0.05, 0) is 49.6 Å². The number of rotatable bonds is 5. The fraction of sp³-hybridized carbons (Fsp3) is 0.647. The maximum atomic E-state index is 3.68. The molecular formula is C17H29N3. The fourth-order valence-corrected chi connectivity index (χ4v) is 2.97. The molecule has 0 saturated carbocycles. The van der Waals surface area contributed by atoms with Gasteiger partial charge in [0.15, 0.2) is 0 Å². The van der Waals surface area contributed by atoms with Crippen molar-refractivity contribution in [2.75, 3.05) is 43.5 Å². The van der Waals surface area contributed by atoms with Crippen molar-refractivity contribution in [3.63, 3.8) is 0 Å². The van der Waals surface area contributed by atoms with E-state index >= 15 is 0 Å². The minimum atomic E-state index is 0.687. The molecule has 0 amide bonds. The predicted molar refractivity (Wildman–Crippen MR) is 88.8 cm³/mol. The van der Waals surface area contributed by atoms with Gasteiger partial charge in [-0.3, -0.25) is 0 Å². The molecule has 1 heterocycles. The van der Waals surface area contributed by atoms with Gasteiger partial charge in [-0.25, -0.2) is 0 Å². The first kappa shape index (κ1) is 15.2. The molecule has 0 spiro atoms. The number of nitrogens with zero attached hydrogens (tertiary/aromatic N) is 2. The van der Waals surface area contributed by atoms with Crippen molar-refractivity contribution < 1.29 is 0 Å². The molecule has 1 saturated heterocycles. The van der Waals surface area contributed by atoms with Crippen LogP contribution in [0.2, 0.25) is 0 Å². The average molecular weight is 275 g/mol. The zero-order chi connectivity index (χ0) is 14.5. The third-order valence-corrected chi connectivity index (χ3v) is 4.29. The molecule has 0 aliphatic carbocycles. The second-order valence-corrected chi connectivity index (χ2v) is 6.18. The van der Waals surface area contributed by atoms with Gasteiger partial charge in [0.1, 0.15) is 0 Å². The van der Waals surface area contributed by atoms with Crippen molar-refractivity contribution >= 4 is 11.4 Å². The number of anilines is 2. The summed E-state index contributed by atoms with van der Waals surface area (Å²) in [6.07, 6.45) is 2.47. The van der Waals surface area contributed by atoms with Gasteiger partial charge >= 0.3 is 0 Å². The molecule has 0 radical (unpaired) electrons. The molecule has 3 nitrogen and oxygen atoms in total. The van der Waals surface area contributed by atoms with Crippen LogP contribution in [0.5, 0.6) is 0 Å². The van der Waals surface area contributed by atoms with E-state index in [2.05, 4.69) is 67.3 Å². The summed E-state index contributed by atoms with van der Waals surface area (Å²) in [5.74, 6) is 0.712. The Kier molecular flexibility index (Phi) is 5.30. The van der Waals surface area contributed by atoms with Crippen LogP contribution in [-0.2, 0) is 0 Å². The van der Waals surface area contributed by atoms with Gasteiger partial charge in [-0.2, -0.15) is 0 Å². The van der Waals surface area contributed by atoms with Crippen LogP contribution in [0.15, 0.2) is 24.3 Å². The molecule has 1 aliphatic rings. The van der Waals surface area contributed by atoms with E-state index < -0.39 is 0 Å². The number of hydrogen-bond donors (Lipinski definition) is 1. The fourth-order valence-electron chi connectivity index (χ4n) is 2.97. The molecule has 2 atom stereocenters. The molecule has 1 aliphatic heterocycles. The lowest BCUT2D eigenvalue weighted by Gasteiger charge is -2.39. The van der Waals surface area contributed by atoms with Crippen molar-refractivity contribution in [3.05, 3.63) is 24.3 Å². The molecule has 0 aromatic heterocycles.